The van der Waals surface area contributed by atoms with Crippen LogP contribution < -0.4 is 0 Å². The monoisotopic (exact) mass is 540 g/mol. The van der Waals surface area contributed by atoms with Gasteiger partial charge in [-0.15, -0.1) is 0 Å². The quantitative estimate of drug-likeness (QED) is 0.224. The molecular formula is C36H48N2O2. The molecule has 0 saturated carbocycles. The van der Waals surface area contributed by atoms with Crippen molar-refractivity contribution < 1.29 is 10.2 Å². The van der Waals surface area contributed by atoms with E-state index < -0.39 is 0 Å². The van der Waals surface area contributed by atoms with Gasteiger partial charge >= 0.3 is 0 Å². The van der Waals surface area contributed by atoms with Crippen molar-refractivity contribution in [1.82, 2.24) is 0 Å². The number of phenols is 2. The molecule has 0 aromatic heterocycles. The van der Waals surface area contributed by atoms with E-state index in [0.29, 0.717) is 34.7 Å². The van der Waals surface area contributed by atoms with Crippen LogP contribution in [-0.4, -0.2) is 22.6 Å². The van der Waals surface area contributed by atoms with E-state index in [1.807, 2.05) is 24.3 Å². The Morgan fingerprint density at radius 2 is 0.925 bits per heavy atom. The van der Waals surface area contributed by atoms with Gasteiger partial charge in [0.1, 0.15) is 11.5 Å². The Balaban J connectivity index is 2.04. The molecule has 0 amide bonds. The van der Waals surface area contributed by atoms with Crippen LogP contribution >= 0.6 is 0 Å². The van der Waals surface area contributed by atoms with E-state index in [0.717, 1.165) is 47.9 Å². The van der Waals surface area contributed by atoms with Gasteiger partial charge < -0.3 is 10.2 Å². The highest BCUT2D eigenvalue weighted by molar-refractivity contribution is 5.90. The maximum absolute atomic E-state index is 11.1. The molecule has 0 aliphatic heterocycles. The molecule has 0 aliphatic carbocycles. The number of para-hydroxylation sites is 2. The van der Waals surface area contributed by atoms with Crippen LogP contribution in [0.3, 0.4) is 0 Å². The zero-order valence-corrected chi connectivity index (χ0v) is 25.7. The Labute approximate surface area is 241 Å². The first-order valence-corrected chi connectivity index (χ1v) is 15.1. The standard InChI is InChI=1S/C36H48N2O2/c1-9-23(5)27-17-29(35(39)31(19-27)25(7)11-3)21-37-33-15-13-14-16-34(33)38-22-30-18-28(24(6)10-2)20-32(36(30)40)26(8)12-4/h13-26,39-40H,9-12H2,1-8H3. The Kier molecular flexibility index (Phi) is 11.1. The Bertz CT molecular complexity index is 1240. The average molecular weight is 541 g/mol. The van der Waals surface area contributed by atoms with Crippen molar-refractivity contribution in [2.75, 3.05) is 0 Å². The first-order valence-electron chi connectivity index (χ1n) is 15.1. The molecule has 4 atom stereocenters. The molecule has 3 aromatic carbocycles. The van der Waals surface area contributed by atoms with Gasteiger partial charge in [-0.1, -0.05) is 79.7 Å². The van der Waals surface area contributed by atoms with Gasteiger partial charge in [-0.3, -0.25) is 9.98 Å². The molecule has 4 unspecified atom stereocenters. The van der Waals surface area contributed by atoms with Gasteiger partial charge in [0.15, 0.2) is 0 Å². The summed E-state index contributed by atoms with van der Waals surface area (Å²) in [5, 5.41) is 22.3. The molecular weight excluding hydrogens is 492 g/mol. The largest absolute Gasteiger partial charge is 0.507 e. The third kappa shape index (κ3) is 7.21. The summed E-state index contributed by atoms with van der Waals surface area (Å²) in [5.41, 5.74) is 7.25. The SMILES string of the molecule is CCC(C)c1cc(C=Nc2ccccc2N=Cc2cc(C(C)CC)cc(C(C)CC)c2O)c(O)c(C(C)CC)c1. The molecule has 0 spiro atoms. The molecule has 0 saturated heterocycles. The highest BCUT2D eigenvalue weighted by Crippen LogP contribution is 2.37. The normalized spacial score (nSPS) is 15.0. The van der Waals surface area contributed by atoms with Crippen LogP contribution in [0.4, 0.5) is 11.4 Å². The first kappa shape index (κ1) is 31.1. The van der Waals surface area contributed by atoms with Crippen LogP contribution in [0.25, 0.3) is 0 Å². The molecule has 40 heavy (non-hydrogen) atoms. The minimum atomic E-state index is 0.257. The topological polar surface area (TPSA) is 65.2 Å². The van der Waals surface area contributed by atoms with E-state index >= 15 is 0 Å². The second-order valence-electron chi connectivity index (χ2n) is 11.3. The van der Waals surface area contributed by atoms with Crippen LogP contribution in [0.5, 0.6) is 11.5 Å². The van der Waals surface area contributed by atoms with Crippen molar-refractivity contribution in [2.24, 2.45) is 9.98 Å². The third-order valence-electron chi connectivity index (χ3n) is 8.60. The van der Waals surface area contributed by atoms with Crippen LogP contribution in [0.1, 0.15) is 138 Å². The van der Waals surface area contributed by atoms with E-state index in [4.69, 9.17) is 9.98 Å². The van der Waals surface area contributed by atoms with Crippen molar-refractivity contribution in [3.8, 4) is 11.5 Å². The van der Waals surface area contributed by atoms with E-state index in [9.17, 15) is 10.2 Å². The smallest absolute Gasteiger partial charge is 0.127 e. The van der Waals surface area contributed by atoms with Gasteiger partial charge in [-0.2, -0.15) is 0 Å². The number of phenolic OH excluding ortho intramolecular Hbond substituents is 2. The Morgan fingerprint density at radius 1 is 0.575 bits per heavy atom. The van der Waals surface area contributed by atoms with Gasteiger partial charge in [0.25, 0.3) is 0 Å². The molecule has 0 fully saturated rings. The van der Waals surface area contributed by atoms with E-state index in [-0.39, 0.29) is 11.8 Å². The first-order chi connectivity index (χ1) is 19.1. The van der Waals surface area contributed by atoms with Gasteiger partial charge in [0.05, 0.1) is 11.4 Å². The third-order valence-corrected chi connectivity index (χ3v) is 8.60. The Hall–Kier alpha value is -3.40. The van der Waals surface area contributed by atoms with Gasteiger partial charge in [0, 0.05) is 23.6 Å². The van der Waals surface area contributed by atoms with E-state index in [2.05, 4.69) is 79.7 Å². The highest BCUT2D eigenvalue weighted by Gasteiger charge is 2.17. The summed E-state index contributed by atoms with van der Waals surface area (Å²) in [7, 11) is 0. The van der Waals surface area contributed by atoms with Gasteiger partial charge in [0.2, 0.25) is 0 Å². The van der Waals surface area contributed by atoms with Crippen molar-refractivity contribution in [3.05, 3.63) is 81.9 Å². The van der Waals surface area contributed by atoms with Crippen molar-refractivity contribution >= 4 is 23.8 Å². The van der Waals surface area contributed by atoms with Crippen molar-refractivity contribution in [2.45, 2.75) is 105 Å². The molecule has 0 aliphatic rings. The van der Waals surface area contributed by atoms with Crippen LogP contribution in [-0.2, 0) is 0 Å². The fourth-order valence-electron chi connectivity index (χ4n) is 4.80. The van der Waals surface area contributed by atoms with E-state index in [1.54, 1.807) is 12.4 Å². The number of hydrogen-bond donors (Lipinski definition) is 2. The summed E-state index contributed by atoms with van der Waals surface area (Å²) < 4.78 is 0. The lowest BCUT2D eigenvalue weighted by molar-refractivity contribution is 0.460. The number of nitrogens with zero attached hydrogens (tertiary/aromatic N) is 2. The maximum atomic E-state index is 11.1. The van der Waals surface area contributed by atoms with Gasteiger partial charge in [-0.25, -0.2) is 0 Å². The predicted molar refractivity (Wildman–Crippen MR) is 172 cm³/mol. The number of rotatable bonds is 12. The number of hydrogen-bond acceptors (Lipinski definition) is 4. The summed E-state index contributed by atoms with van der Waals surface area (Å²) in [4.78, 5) is 9.56. The number of aromatic hydroxyl groups is 2. The van der Waals surface area contributed by atoms with Crippen LogP contribution in [0, 0.1) is 0 Å². The lowest BCUT2D eigenvalue weighted by atomic mass is 9.89. The maximum Gasteiger partial charge on any atom is 0.127 e. The fraction of sp³-hybridized carbons (Fsp3) is 0.444. The second-order valence-corrected chi connectivity index (χ2v) is 11.3. The molecule has 0 heterocycles. The Morgan fingerprint density at radius 3 is 1.25 bits per heavy atom. The second kappa shape index (κ2) is 14.3. The summed E-state index contributed by atoms with van der Waals surface area (Å²) in [6, 6.07) is 16.1. The lowest BCUT2D eigenvalue weighted by Crippen LogP contribution is -2.01. The molecule has 3 aromatic rings. The van der Waals surface area contributed by atoms with Gasteiger partial charge in [-0.05, 0) is 95.9 Å². The lowest BCUT2D eigenvalue weighted by Gasteiger charge is -2.18. The molecule has 4 heteroatoms. The summed E-state index contributed by atoms with van der Waals surface area (Å²) in [5.74, 6) is 1.91. The molecule has 0 bridgehead atoms. The molecule has 0 radical (unpaired) electrons. The minimum absolute atomic E-state index is 0.257. The van der Waals surface area contributed by atoms with Crippen molar-refractivity contribution in [1.29, 1.82) is 0 Å². The number of aliphatic imine (C=N–C) groups is 2. The fourth-order valence-corrected chi connectivity index (χ4v) is 4.80. The molecule has 4 nitrogen and oxygen atoms in total. The summed E-state index contributed by atoms with van der Waals surface area (Å²) in [6.07, 6.45) is 7.48. The molecule has 2 N–H and O–H groups in total. The highest BCUT2D eigenvalue weighted by atomic mass is 16.3. The number of benzene rings is 3. The summed E-state index contributed by atoms with van der Waals surface area (Å²) in [6.45, 7) is 17.4. The van der Waals surface area contributed by atoms with Crippen LogP contribution in [0.15, 0.2) is 58.5 Å². The molecule has 3 rings (SSSR count). The zero-order valence-electron chi connectivity index (χ0n) is 25.7. The average Bonchev–Trinajstić information content (AvgIpc) is 2.98. The van der Waals surface area contributed by atoms with Crippen molar-refractivity contribution in [3.63, 3.8) is 0 Å². The predicted octanol–water partition coefficient (Wildman–Crippen LogP) is 10.7. The van der Waals surface area contributed by atoms with Crippen LogP contribution in [0.2, 0.25) is 0 Å². The molecule has 214 valence electrons. The zero-order chi connectivity index (χ0) is 29.4. The summed E-state index contributed by atoms with van der Waals surface area (Å²) >= 11 is 0. The van der Waals surface area contributed by atoms with E-state index in [1.165, 1.54) is 11.1 Å². The minimum Gasteiger partial charge on any atom is -0.507 e.